The Morgan fingerprint density at radius 2 is 2.32 bits per heavy atom. The van der Waals surface area contributed by atoms with Crippen molar-refractivity contribution in [3.8, 4) is 0 Å². The number of hydrogen-bond acceptors (Lipinski definition) is 3. The number of amides is 1. The van der Waals surface area contributed by atoms with Gasteiger partial charge in [0, 0.05) is 10.1 Å². The number of nitrogens with zero attached hydrogens (tertiary/aromatic N) is 1. The Hall–Kier alpha value is -1.89. The van der Waals surface area contributed by atoms with Crippen molar-refractivity contribution in [2.45, 2.75) is 30.4 Å². The molecule has 0 saturated carbocycles. The third kappa shape index (κ3) is 2.93. The third-order valence-corrected chi connectivity index (χ3v) is 4.63. The lowest BCUT2D eigenvalue weighted by atomic mass is 10.3. The van der Waals surface area contributed by atoms with Gasteiger partial charge in [-0.2, -0.15) is 0 Å². The van der Waals surface area contributed by atoms with Gasteiger partial charge in [-0.25, -0.2) is 9.78 Å². The maximum absolute atomic E-state index is 12.2. The van der Waals surface area contributed by atoms with Gasteiger partial charge in [0.05, 0.1) is 21.8 Å². The van der Waals surface area contributed by atoms with Gasteiger partial charge in [0.2, 0.25) is 5.95 Å². The van der Waals surface area contributed by atoms with Crippen molar-refractivity contribution in [3.63, 3.8) is 0 Å². The maximum atomic E-state index is 12.2. The van der Waals surface area contributed by atoms with Gasteiger partial charge in [-0.1, -0.05) is 13.8 Å². The molecule has 102 valence electrons. The number of benzene rings is 1. The van der Waals surface area contributed by atoms with Crippen LogP contribution in [0.15, 0.2) is 23.1 Å². The fourth-order valence-corrected chi connectivity index (χ4v) is 2.86. The highest BCUT2D eigenvalue weighted by Gasteiger charge is 2.13. The van der Waals surface area contributed by atoms with Crippen molar-refractivity contribution in [3.05, 3.63) is 18.2 Å². The first-order chi connectivity index (χ1) is 9.01. The fourth-order valence-electron chi connectivity index (χ4n) is 1.66. The van der Waals surface area contributed by atoms with E-state index in [1.807, 2.05) is 13.8 Å². The van der Waals surface area contributed by atoms with Gasteiger partial charge in [0.25, 0.3) is 0 Å². The summed E-state index contributed by atoms with van der Waals surface area (Å²) in [5, 5.41) is 10.9. The number of fused-ring (bicyclic) bond motifs is 1. The van der Waals surface area contributed by atoms with Crippen LogP contribution in [0.1, 0.15) is 20.3 Å². The van der Waals surface area contributed by atoms with Crippen molar-refractivity contribution < 1.29 is 14.1 Å². The Bertz CT molecular complexity index is 638. The molecule has 0 spiro atoms. The van der Waals surface area contributed by atoms with Crippen LogP contribution in [0.4, 0.5) is 10.7 Å². The van der Waals surface area contributed by atoms with Crippen LogP contribution in [-0.4, -0.2) is 30.6 Å². The molecular weight excluding hydrogens is 266 g/mol. The number of hydrogen-bond donors (Lipinski definition) is 3. The number of nitrogens with one attached hydrogen (secondary N) is 2. The van der Waals surface area contributed by atoms with E-state index in [1.165, 1.54) is 0 Å². The molecule has 2 atom stereocenters. The van der Waals surface area contributed by atoms with E-state index in [0.29, 0.717) is 15.9 Å². The molecule has 2 aromatic rings. The Labute approximate surface area is 112 Å². The van der Waals surface area contributed by atoms with E-state index < -0.39 is 16.9 Å². The van der Waals surface area contributed by atoms with Gasteiger partial charge in [-0.05, 0) is 24.6 Å². The minimum atomic E-state index is -1.18. The maximum Gasteiger partial charge on any atom is 0.411 e. The Morgan fingerprint density at radius 3 is 2.95 bits per heavy atom. The fraction of sp³-hybridized carbons (Fsp3) is 0.333. The van der Waals surface area contributed by atoms with E-state index in [4.69, 9.17) is 5.11 Å². The van der Waals surface area contributed by atoms with Gasteiger partial charge < -0.3 is 10.1 Å². The zero-order valence-corrected chi connectivity index (χ0v) is 11.5. The summed E-state index contributed by atoms with van der Waals surface area (Å²) in [6, 6.07) is 5.24. The summed E-state index contributed by atoms with van der Waals surface area (Å²) in [7, 11) is -1.07. The number of H-pyrrole nitrogens is 1. The molecule has 0 aliphatic rings. The van der Waals surface area contributed by atoms with Gasteiger partial charge in [-0.3, -0.25) is 9.53 Å². The summed E-state index contributed by atoms with van der Waals surface area (Å²) < 4.78 is 12.2. The summed E-state index contributed by atoms with van der Waals surface area (Å²) >= 11 is 0. The van der Waals surface area contributed by atoms with Crippen LogP contribution in [0, 0.1) is 0 Å². The van der Waals surface area contributed by atoms with Crippen LogP contribution in [0.25, 0.3) is 11.0 Å². The Balaban J connectivity index is 2.35. The smallest absolute Gasteiger partial charge is 0.411 e. The third-order valence-electron chi connectivity index (χ3n) is 2.85. The molecule has 0 fully saturated rings. The molecule has 1 heterocycles. The second-order valence-corrected chi connectivity index (χ2v) is 6.08. The van der Waals surface area contributed by atoms with E-state index in [1.54, 1.807) is 18.2 Å². The number of imidazole rings is 1. The predicted molar refractivity (Wildman–Crippen MR) is 73.9 cm³/mol. The Kier molecular flexibility index (Phi) is 3.84. The molecular formula is C12H15N3O3S. The lowest BCUT2D eigenvalue weighted by Crippen LogP contribution is -2.09. The zero-order chi connectivity index (χ0) is 14.0. The topological polar surface area (TPSA) is 95.1 Å². The summed E-state index contributed by atoms with van der Waals surface area (Å²) in [4.78, 5) is 18.2. The highest BCUT2D eigenvalue weighted by molar-refractivity contribution is 7.85. The van der Waals surface area contributed by atoms with Crippen molar-refractivity contribution in [1.29, 1.82) is 0 Å². The molecule has 1 aromatic heterocycles. The van der Waals surface area contributed by atoms with Crippen molar-refractivity contribution in [2.75, 3.05) is 5.32 Å². The number of anilines is 1. The van der Waals surface area contributed by atoms with Crippen LogP contribution in [0.2, 0.25) is 0 Å². The van der Waals surface area contributed by atoms with Crippen LogP contribution < -0.4 is 5.32 Å². The summed E-state index contributed by atoms with van der Waals surface area (Å²) in [5.41, 5.74) is 1.30. The molecule has 1 amide bonds. The average Bonchev–Trinajstić information content (AvgIpc) is 2.76. The minimum absolute atomic E-state index is 0.0805. The van der Waals surface area contributed by atoms with E-state index in [-0.39, 0.29) is 11.2 Å². The van der Waals surface area contributed by atoms with Gasteiger partial charge in [-0.15, -0.1) is 0 Å². The molecule has 0 bridgehead atoms. The van der Waals surface area contributed by atoms with Crippen molar-refractivity contribution >= 4 is 33.9 Å². The first kappa shape index (κ1) is 13.5. The quantitative estimate of drug-likeness (QED) is 0.802. The van der Waals surface area contributed by atoms with E-state index >= 15 is 0 Å². The van der Waals surface area contributed by atoms with E-state index in [9.17, 15) is 9.00 Å². The zero-order valence-electron chi connectivity index (χ0n) is 10.6. The molecule has 19 heavy (non-hydrogen) atoms. The monoisotopic (exact) mass is 281 g/mol. The summed E-state index contributed by atoms with van der Waals surface area (Å²) in [5.74, 6) is 0.161. The van der Waals surface area contributed by atoms with Crippen LogP contribution >= 0.6 is 0 Å². The number of carboxylic acid groups (broad SMARTS) is 1. The minimum Gasteiger partial charge on any atom is -0.465 e. The number of rotatable bonds is 4. The Morgan fingerprint density at radius 1 is 1.58 bits per heavy atom. The number of aromatic amines is 1. The predicted octanol–water partition coefficient (Wildman–Crippen LogP) is 2.56. The lowest BCUT2D eigenvalue weighted by Gasteiger charge is -2.08. The standard InChI is InChI=1S/C12H15N3O3S/c1-3-7(2)19(18)8-4-5-9-10(6-8)14-11(13-9)15-12(16)17/h4-7H,3H2,1-2H3,(H,16,17)(H2,13,14,15). The molecule has 6 nitrogen and oxygen atoms in total. The van der Waals surface area contributed by atoms with Crippen LogP contribution in [-0.2, 0) is 10.8 Å². The number of aromatic nitrogens is 2. The highest BCUT2D eigenvalue weighted by atomic mass is 32.2. The largest absolute Gasteiger partial charge is 0.465 e. The molecule has 1 aromatic carbocycles. The lowest BCUT2D eigenvalue weighted by molar-refractivity contribution is 0.209. The molecule has 0 saturated heterocycles. The van der Waals surface area contributed by atoms with Crippen LogP contribution in [0.3, 0.4) is 0 Å². The van der Waals surface area contributed by atoms with Crippen LogP contribution in [0.5, 0.6) is 0 Å². The molecule has 3 N–H and O–H groups in total. The molecule has 7 heteroatoms. The van der Waals surface area contributed by atoms with E-state index in [2.05, 4.69) is 15.3 Å². The molecule has 0 aliphatic heterocycles. The highest BCUT2D eigenvalue weighted by Crippen LogP contribution is 2.20. The first-order valence-electron chi connectivity index (χ1n) is 5.91. The summed E-state index contributed by atoms with van der Waals surface area (Å²) in [6.07, 6.45) is -0.345. The molecule has 2 unspecified atom stereocenters. The second kappa shape index (κ2) is 5.40. The van der Waals surface area contributed by atoms with Gasteiger partial charge in [0.15, 0.2) is 0 Å². The van der Waals surface area contributed by atoms with Gasteiger partial charge >= 0.3 is 6.09 Å². The number of carbonyl (C=O) groups is 1. The molecule has 0 aliphatic carbocycles. The van der Waals surface area contributed by atoms with Crippen molar-refractivity contribution in [2.24, 2.45) is 0 Å². The first-order valence-corrected chi connectivity index (χ1v) is 7.13. The average molecular weight is 281 g/mol. The summed E-state index contributed by atoms with van der Waals surface area (Å²) in [6.45, 7) is 3.93. The molecule has 0 radical (unpaired) electrons. The SMILES string of the molecule is CCC(C)S(=O)c1ccc2nc(NC(=O)O)[nH]c2c1. The van der Waals surface area contributed by atoms with E-state index in [0.717, 1.165) is 6.42 Å². The second-order valence-electron chi connectivity index (χ2n) is 4.21. The molecule has 2 rings (SSSR count). The van der Waals surface area contributed by atoms with Crippen molar-refractivity contribution in [1.82, 2.24) is 9.97 Å². The van der Waals surface area contributed by atoms with Gasteiger partial charge in [0.1, 0.15) is 0 Å². The normalized spacial score (nSPS) is 14.2.